The molecule has 7 nitrogen and oxygen atoms in total. The summed E-state index contributed by atoms with van der Waals surface area (Å²) in [6.07, 6.45) is 6.69. The molecule has 7 heteroatoms. The van der Waals surface area contributed by atoms with E-state index in [0.717, 1.165) is 30.2 Å². The first-order valence-corrected chi connectivity index (χ1v) is 11.0. The van der Waals surface area contributed by atoms with E-state index in [9.17, 15) is 0 Å². The van der Waals surface area contributed by atoms with Gasteiger partial charge in [0.15, 0.2) is 5.82 Å². The van der Waals surface area contributed by atoms with Gasteiger partial charge in [-0.05, 0) is 93.1 Å². The molecule has 1 aliphatic rings. The monoisotopic (exact) mass is 412 g/mol. The van der Waals surface area contributed by atoms with Crippen molar-refractivity contribution in [2.24, 2.45) is 17.6 Å². The first kappa shape index (κ1) is 22.4. The number of aromatic nitrogens is 4. The number of nitrogens with two attached hydrogens (primary N) is 1. The molecule has 1 aliphatic carbocycles. The third kappa shape index (κ3) is 5.67. The second-order valence-electron chi connectivity index (χ2n) is 9.26. The number of nitrogens with zero attached hydrogens (tertiary/aromatic N) is 4. The highest BCUT2D eigenvalue weighted by atomic mass is 16.5. The fourth-order valence-corrected chi connectivity index (χ4v) is 4.21. The van der Waals surface area contributed by atoms with Crippen molar-refractivity contribution in [1.29, 1.82) is 0 Å². The van der Waals surface area contributed by atoms with E-state index in [0.29, 0.717) is 18.4 Å². The summed E-state index contributed by atoms with van der Waals surface area (Å²) in [6, 6.07) is 8.06. The van der Waals surface area contributed by atoms with Gasteiger partial charge < -0.3 is 15.8 Å². The van der Waals surface area contributed by atoms with Crippen LogP contribution in [0.5, 0.6) is 5.75 Å². The number of hydrogen-bond donors (Lipinski definition) is 2. The minimum absolute atomic E-state index is 0.0917. The lowest BCUT2D eigenvalue weighted by Gasteiger charge is -2.30. The molecule has 0 aliphatic heterocycles. The van der Waals surface area contributed by atoms with Crippen molar-refractivity contribution in [3.05, 3.63) is 48.3 Å². The highest BCUT2D eigenvalue weighted by Crippen LogP contribution is 2.30. The van der Waals surface area contributed by atoms with Gasteiger partial charge >= 0.3 is 0 Å². The van der Waals surface area contributed by atoms with E-state index in [1.54, 1.807) is 6.08 Å². The zero-order chi connectivity index (χ0) is 21.6. The van der Waals surface area contributed by atoms with Crippen molar-refractivity contribution in [2.75, 3.05) is 19.7 Å². The Morgan fingerprint density at radius 2 is 2.00 bits per heavy atom. The Labute approximate surface area is 180 Å². The van der Waals surface area contributed by atoms with Crippen molar-refractivity contribution >= 4 is 0 Å². The number of hydrogen-bond acceptors (Lipinski definition) is 6. The van der Waals surface area contributed by atoms with Gasteiger partial charge in [-0.15, -0.1) is 5.10 Å². The van der Waals surface area contributed by atoms with Crippen LogP contribution in [0.25, 0.3) is 0 Å². The number of nitrogens with one attached hydrogen (secondary N) is 1. The van der Waals surface area contributed by atoms with Gasteiger partial charge in [-0.2, -0.15) is 0 Å². The van der Waals surface area contributed by atoms with E-state index in [-0.39, 0.29) is 11.6 Å². The van der Waals surface area contributed by atoms with Crippen LogP contribution in [0.3, 0.4) is 0 Å². The Morgan fingerprint density at radius 1 is 1.27 bits per heavy atom. The molecule has 1 aromatic heterocycles. The van der Waals surface area contributed by atoms with Gasteiger partial charge in [-0.3, -0.25) is 0 Å². The Morgan fingerprint density at radius 3 is 2.67 bits per heavy atom. The zero-order valence-corrected chi connectivity index (χ0v) is 18.6. The Kier molecular flexibility index (Phi) is 7.61. The number of tetrazole rings is 1. The van der Waals surface area contributed by atoms with Crippen molar-refractivity contribution in [3.63, 3.8) is 0 Å². The topological polar surface area (TPSA) is 90.9 Å². The van der Waals surface area contributed by atoms with Gasteiger partial charge in [-0.25, -0.2) is 4.68 Å². The first-order chi connectivity index (χ1) is 14.4. The highest BCUT2D eigenvalue weighted by molar-refractivity contribution is 5.32. The molecule has 3 rings (SSSR count). The molecule has 1 heterocycles. The van der Waals surface area contributed by atoms with Gasteiger partial charge in [0, 0.05) is 0 Å². The number of rotatable bonds is 9. The maximum Gasteiger partial charge on any atom is 0.173 e. The normalized spacial score (nSPS) is 20.7. The predicted molar refractivity (Wildman–Crippen MR) is 119 cm³/mol. The van der Waals surface area contributed by atoms with E-state index in [2.05, 4.69) is 60.3 Å². The maximum absolute atomic E-state index is 5.94. The number of benzene rings is 1. The summed E-state index contributed by atoms with van der Waals surface area (Å²) in [7, 11) is 0. The zero-order valence-electron chi connectivity index (χ0n) is 18.6. The molecule has 1 fully saturated rings. The summed E-state index contributed by atoms with van der Waals surface area (Å²) < 4.78 is 7.56. The van der Waals surface area contributed by atoms with Crippen LogP contribution in [0.1, 0.15) is 63.9 Å². The van der Waals surface area contributed by atoms with Gasteiger partial charge in [0.05, 0.1) is 11.6 Å². The smallest absolute Gasteiger partial charge is 0.173 e. The summed E-state index contributed by atoms with van der Waals surface area (Å²) in [5, 5.41) is 16.4. The quantitative estimate of drug-likeness (QED) is 0.613. The molecule has 164 valence electrons. The highest BCUT2D eigenvalue weighted by Gasteiger charge is 2.28. The van der Waals surface area contributed by atoms with Gasteiger partial charge in [0.25, 0.3) is 0 Å². The van der Waals surface area contributed by atoms with Crippen LogP contribution in [0.2, 0.25) is 0 Å². The van der Waals surface area contributed by atoms with Crippen molar-refractivity contribution in [1.82, 2.24) is 25.5 Å². The predicted octanol–water partition coefficient (Wildman–Crippen LogP) is 3.44. The maximum atomic E-state index is 5.94. The molecule has 3 atom stereocenters. The second-order valence-corrected chi connectivity index (χ2v) is 9.26. The molecule has 0 spiro atoms. The standard InChI is InChI=1S/C23H36N6O/c1-5-13-30-20-11-9-19(10-12-20)21(22-26-27-28-29(22)23(2,3)4)25-16-18-8-6-7-17(14-18)15-24/h5,9-12,17-18,21,25H,1,6-8,13-16,24H2,2-4H3. The van der Waals surface area contributed by atoms with Crippen LogP contribution in [0.4, 0.5) is 0 Å². The summed E-state index contributed by atoms with van der Waals surface area (Å²) in [6.45, 7) is 12.2. The van der Waals surface area contributed by atoms with Crippen LogP contribution in [-0.4, -0.2) is 39.9 Å². The van der Waals surface area contributed by atoms with Crippen LogP contribution < -0.4 is 15.8 Å². The van der Waals surface area contributed by atoms with E-state index in [4.69, 9.17) is 10.5 Å². The lowest BCUT2D eigenvalue weighted by atomic mass is 9.81. The molecule has 2 aromatic rings. The van der Waals surface area contributed by atoms with E-state index in [1.807, 2.05) is 16.8 Å². The third-order valence-corrected chi connectivity index (χ3v) is 5.80. The second kappa shape index (κ2) is 10.2. The summed E-state index contributed by atoms with van der Waals surface area (Å²) >= 11 is 0. The minimum Gasteiger partial charge on any atom is -0.490 e. The summed E-state index contributed by atoms with van der Waals surface area (Å²) in [5.41, 5.74) is 6.85. The van der Waals surface area contributed by atoms with Crippen molar-refractivity contribution < 1.29 is 4.74 Å². The van der Waals surface area contributed by atoms with Crippen LogP contribution >= 0.6 is 0 Å². The van der Waals surface area contributed by atoms with E-state index in [1.165, 1.54) is 25.7 Å². The van der Waals surface area contributed by atoms with Crippen molar-refractivity contribution in [3.8, 4) is 5.75 Å². The van der Waals surface area contributed by atoms with Gasteiger partial charge in [0.1, 0.15) is 12.4 Å². The molecular formula is C23H36N6O. The molecule has 0 bridgehead atoms. The molecule has 0 amide bonds. The van der Waals surface area contributed by atoms with E-state index >= 15 is 0 Å². The van der Waals surface area contributed by atoms with Crippen LogP contribution in [0.15, 0.2) is 36.9 Å². The largest absolute Gasteiger partial charge is 0.490 e. The van der Waals surface area contributed by atoms with Crippen LogP contribution in [0, 0.1) is 11.8 Å². The molecule has 1 saturated carbocycles. The minimum atomic E-state index is -0.207. The molecule has 0 saturated heterocycles. The van der Waals surface area contributed by atoms with Gasteiger partial charge in [0.2, 0.25) is 0 Å². The van der Waals surface area contributed by atoms with E-state index < -0.39 is 0 Å². The molecule has 3 unspecified atom stereocenters. The first-order valence-electron chi connectivity index (χ1n) is 11.0. The fraction of sp³-hybridized carbons (Fsp3) is 0.609. The lowest BCUT2D eigenvalue weighted by Crippen LogP contribution is -2.35. The lowest BCUT2D eigenvalue weighted by molar-refractivity contribution is 0.256. The summed E-state index contributed by atoms with van der Waals surface area (Å²) in [4.78, 5) is 0. The SMILES string of the molecule is C=CCOc1ccc(C(NCC2CCCC(CN)C2)c2nnnn2C(C)(C)C)cc1. The number of ether oxygens (including phenoxy) is 1. The molecule has 0 radical (unpaired) electrons. The Bertz CT molecular complexity index is 795. The van der Waals surface area contributed by atoms with Crippen LogP contribution in [-0.2, 0) is 5.54 Å². The van der Waals surface area contributed by atoms with Crippen molar-refractivity contribution in [2.45, 2.75) is 58.0 Å². The van der Waals surface area contributed by atoms with Gasteiger partial charge in [-0.1, -0.05) is 31.2 Å². The Hall–Kier alpha value is -2.25. The fourth-order valence-electron chi connectivity index (χ4n) is 4.21. The molecule has 1 aromatic carbocycles. The average Bonchev–Trinajstić information content (AvgIpc) is 3.24. The average molecular weight is 413 g/mol. The Balaban J connectivity index is 1.82. The summed E-state index contributed by atoms with van der Waals surface area (Å²) in [5.74, 6) is 2.92. The molecular weight excluding hydrogens is 376 g/mol. The third-order valence-electron chi connectivity index (χ3n) is 5.80. The molecule has 30 heavy (non-hydrogen) atoms. The molecule has 3 N–H and O–H groups in total.